The van der Waals surface area contributed by atoms with E-state index < -0.39 is 28.6 Å². The number of hydrogen-bond donors (Lipinski definition) is 1. The highest BCUT2D eigenvalue weighted by Crippen LogP contribution is 2.33. The van der Waals surface area contributed by atoms with E-state index in [-0.39, 0.29) is 36.5 Å². The number of piperidine rings is 1. The molecule has 0 radical (unpaired) electrons. The van der Waals surface area contributed by atoms with Gasteiger partial charge in [0.15, 0.2) is 0 Å². The van der Waals surface area contributed by atoms with Crippen molar-refractivity contribution in [1.82, 2.24) is 4.90 Å². The third-order valence-corrected chi connectivity index (χ3v) is 3.94. The number of aliphatic hydroxyl groups is 1. The molecule has 1 fully saturated rings. The Morgan fingerprint density at radius 3 is 2.64 bits per heavy atom. The molecule has 2 atom stereocenters. The Labute approximate surface area is 145 Å². The number of Topliss-reactive ketones (excluding diaryl/α,β-unsaturated/α-hetero) is 1. The number of nitrogens with zero attached hydrogens (tertiary/aromatic N) is 2. The fourth-order valence-electron chi connectivity index (χ4n) is 2.75. The van der Waals surface area contributed by atoms with E-state index in [9.17, 15) is 24.8 Å². The Hall–Kier alpha value is -2.48. The van der Waals surface area contributed by atoms with Crippen LogP contribution in [0.2, 0.25) is 0 Å². The fourth-order valence-corrected chi connectivity index (χ4v) is 2.75. The molecule has 1 aromatic carbocycles. The van der Waals surface area contributed by atoms with Crippen LogP contribution in [-0.4, -0.2) is 45.5 Å². The molecule has 0 unspecified atom stereocenters. The van der Waals surface area contributed by atoms with E-state index in [1.165, 1.54) is 23.1 Å². The molecule has 1 saturated heterocycles. The van der Waals surface area contributed by atoms with Crippen LogP contribution < -0.4 is 0 Å². The summed E-state index contributed by atoms with van der Waals surface area (Å²) in [5.41, 5.74) is -0.862. The minimum Gasteiger partial charge on any atom is -0.444 e. The molecule has 1 aliphatic rings. The third kappa shape index (κ3) is 4.54. The SMILES string of the molecule is CC(C)(C)OC(=O)N1CCC(=O)[C@@H]([C@H](O)c2ccccc2[N+](=O)[O-])C1. The van der Waals surface area contributed by atoms with Gasteiger partial charge in [0.05, 0.1) is 22.5 Å². The van der Waals surface area contributed by atoms with Crippen LogP contribution in [0, 0.1) is 16.0 Å². The molecule has 25 heavy (non-hydrogen) atoms. The van der Waals surface area contributed by atoms with Crippen LogP contribution in [0.3, 0.4) is 0 Å². The molecule has 0 aliphatic carbocycles. The molecule has 0 saturated carbocycles. The van der Waals surface area contributed by atoms with Crippen molar-refractivity contribution in [3.05, 3.63) is 39.9 Å². The van der Waals surface area contributed by atoms with Crippen LogP contribution in [0.5, 0.6) is 0 Å². The van der Waals surface area contributed by atoms with Gasteiger partial charge < -0.3 is 14.7 Å². The van der Waals surface area contributed by atoms with E-state index in [0.29, 0.717) is 0 Å². The zero-order valence-corrected chi connectivity index (χ0v) is 14.5. The molecule has 1 aromatic rings. The van der Waals surface area contributed by atoms with Gasteiger partial charge >= 0.3 is 6.09 Å². The quantitative estimate of drug-likeness (QED) is 0.662. The summed E-state index contributed by atoms with van der Waals surface area (Å²) in [5, 5.41) is 21.7. The molecule has 1 heterocycles. The van der Waals surface area contributed by atoms with E-state index in [2.05, 4.69) is 0 Å². The van der Waals surface area contributed by atoms with Crippen molar-refractivity contribution >= 4 is 17.6 Å². The maximum Gasteiger partial charge on any atom is 0.410 e. The monoisotopic (exact) mass is 350 g/mol. The number of ether oxygens (including phenoxy) is 1. The van der Waals surface area contributed by atoms with Gasteiger partial charge in [0.1, 0.15) is 11.4 Å². The lowest BCUT2D eigenvalue weighted by Crippen LogP contribution is -2.47. The van der Waals surface area contributed by atoms with Crippen molar-refractivity contribution in [2.75, 3.05) is 13.1 Å². The summed E-state index contributed by atoms with van der Waals surface area (Å²) >= 11 is 0. The standard InChI is InChI=1S/C17H22N2O6/c1-17(2,3)25-16(22)18-9-8-14(20)12(10-18)15(21)11-6-4-5-7-13(11)19(23)24/h4-7,12,15,21H,8-10H2,1-3H3/t12-,15+/m0/s1. The highest BCUT2D eigenvalue weighted by molar-refractivity contribution is 5.85. The molecule has 1 N–H and O–H groups in total. The molecule has 0 aromatic heterocycles. The first-order valence-electron chi connectivity index (χ1n) is 8.02. The van der Waals surface area contributed by atoms with E-state index in [1.54, 1.807) is 26.8 Å². The fraction of sp³-hybridized carbons (Fsp3) is 0.529. The second-order valence-corrected chi connectivity index (χ2v) is 7.01. The Bertz CT molecular complexity index is 682. The van der Waals surface area contributed by atoms with Crippen molar-refractivity contribution in [3.8, 4) is 0 Å². The summed E-state index contributed by atoms with van der Waals surface area (Å²) in [6, 6.07) is 5.74. The molecule has 1 amide bonds. The first-order chi connectivity index (χ1) is 11.6. The minimum absolute atomic E-state index is 0.0407. The highest BCUT2D eigenvalue weighted by Gasteiger charge is 2.38. The second kappa shape index (κ2) is 7.18. The van der Waals surface area contributed by atoms with Crippen LogP contribution in [0.4, 0.5) is 10.5 Å². The highest BCUT2D eigenvalue weighted by atomic mass is 16.6. The lowest BCUT2D eigenvalue weighted by molar-refractivity contribution is -0.386. The number of carbonyl (C=O) groups is 2. The van der Waals surface area contributed by atoms with Crippen molar-refractivity contribution < 1.29 is 24.4 Å². The van der Waals surface area contributed by atoms with Gasteiger partial charge in [-0.3, -0.25) is 14.9 Å². The summed E-state index contributed by atoms with van der Waals surface area (Å²) in [4.78, 5) is 36.3. The van der Waals surface area contributed by atoms with E-state index in [4.69, 9.17) is 4.74 Å². The number of ketones is 1. The predicted molar refractivity (Wildman–Crippen MR) is 89.0 cm³/mol. The maximum atomic E-state index is 12.2. The zero-order chi connectivity index (χ0) is 18.8. The molecule has 1 aliphatic heterocycles. The second-order valence-electron chi connectivity index (χ2n) is 7.01. The number of hydrogen-bond acceptors (Lipinski definition) is 6. The van der Waals surface area contributed by atoms with Crippen LogP contribution in [0.1, 0.15) is 38.9 Å². The lowest BCUT2D eigenvalue weighted by Gasteiger charge is -2.35. The maximum absolute atomic E-state index is 12.2. The van der Waals surface area contributed by atoms with Gasteiger partial charge in [-0.15, -0.1) is 0 Å². The Kier molecular flexibility index (Phi) is 5.42. The van der Waals surface area contributed by atoms with Gasteiger partial charge in [0.2, 0.25) is 0 Å². The summed E-state index contributed by atoms with van der Waals surface area (Å²) in [6.07, 6.45) is -1.86. The number of nitro groups is 1. The average molecular weight is 350 g/mol. The topological polar surface area (TPSA) is 110 Å². The predicted octanol–water partition coefficient (Wildman–Crippen LogP) is 2.45. The normalized spacial score (nSPS) is 19.4. The molecular weight excluding hydrogens is 328 g/mol. The summed E-state index contributed by atoms with van der Waals surface area (Å²) in [7, 11) is 0. The number of carbonyl (C=O) groups excluding carboxylic acids is 2. The molecule has 2 rings (SSSR count). The van der Waals surface area contributed by atoms with Gasteiger partial charge in [-0.2, -0.15) is 0 Å². The van der Waals surface area contributed by atoms with E-state index in [0.717, 1.165) is 0 Å². The summed E-state index contributed by atoms with van der Waals surface area (Å²) in [6.45, 7) is 5.37. The molecule has 0 bridgehead atoms. The Balaban J connectivity index is 2.21. The van der Waals surface area contributed by atoms with Crippen LogP contribution >= 0.6 is 0 Å². The minimum atomic E-state index is -1.36. The molecular formula is C17H22N2O6. The van der Waals surface area contributed by atoms with Crippen LogP contribution in [0.15, 0.2) is 24.3 Å². The summed E-state index contributed by atoms with van der Waals surface area (Å²) in [5.74, 6) is -1.16. The molecule has 8 nitrogen and oxygen atoms in total. The number of likely N-dealkylation sites (tertiary alicyclic amines) is 1. The van der Waals surface area contributed by atoms with Gasteiger partial charge in [0, 0.05) is 25.6 Å². The number of benzene rings is 1. The van der Waals surface area contributed by atoms with Crippen LogP contribution in [-0.2, 0) is 9.53 Å². The van der Waals surface area contributed by atoms with Gasteiger partial charge in [-0.05, 0) is 26.8 Å². The zero-order valence-electron chi connectivity index (χ0n) is 14.5. The van der Waals surface area contributed by atoms with Crippen LogP contribution in [0.25, 0.3) is 0 Å². The van der Waals surface area contributed by atoms with Crippen molar-refractivity contribution in [2.24, 2.45) is 5.92 Å². The largest absolute Gasteiger partial charge is 0.444 e. The van der Waals surface area contributed by atoms with Crippen molar-refractivity contribution in [1.29, 1.82) is 0 Å². The van der Waals surface area contributed by atoms with Crippen molar-refractivity contribution in [2.45, 2.75) is 38.9 Å². The Morgan fingerprint density at radius 1 is 1.40 bits per heavy atom. The average Bonchev–Trinajstić information content (AvgIpc) is 2.53. The third-order valence-electron chi connectivity index (χ3n) is 3.94. The Morgan fingerprint density at radius 2 is 2.04 bits per heavy atom. The molecule has 136 valence electrons. The smallest absolute Gasteiger partial charge is 0.410 e. The van der Waals surface area contributed by atoms with E-state index >= 15 is 0 Å². The lowest BCUT2D eigenvalue weighted by atomic mass is 9.87. The first kappa shape index (κ1) is 18.9. The van der Waals surface area contributed by atoms with Gasteiger partial charge in [-0.1, -0.05) is 12.1 Å². The van der Waals surface area contributed by atoms with E-state index in [1.807, 2.05) is 0 Å². The first-order valence-corrected chi connectivity index (χ1v) is 8.02. The van der Waals surface area contributed by atoms with Crippen molar-refractivity contribution in [3.63, 3.8) is 0 Å². The summed E-state index contributed by atoms with van der Waals surface area (Å²) < 4.78 is 5.29. The molecule has 0 spiro atoms. The number of aliphatic hydroxyl groups excluding tert-OH is 1. The number of rotatable bonds is 3. The number of para-hydroxylation sites is 1. The van der Waals surface area contributed by atoms with Gasteiger partial charge in [-0.25, -0.2) is 4.79 Å². The number of nitro benzene ring substituents is 1. The number of amides is 1. The molecule has 8 heteroatoms. The van der Waals surface area contributed by atoms with Gasteiger partial charge in [0.25, 0.3) is 5.69 Å².